The van der Waals surface area contributed by atoms with Crippen molar-refractivity contribution in [3.8, 4) is 6.07 Å². The van der Waals surface area contributed by atoms with Gasteiger partial charge in [0, 0.05) is 26.3 Å². The normalized spacial score (nSPS) is 10.4. The summed E-state index contributed by atoms with van der Waals surface area (Å²) in [5.74, 6) is 0. The molecule has 0 atom stereocenters. The maximum atomic E-state index is 8.89. The lowest BCUT2D eigenvalue weighted by Crippen LogP contribution is -2.12. The quantitative estimate of drug-likeness (QED) is 0.890. The SMILES string of the molecule is CCc1ccc(CNCc2cc(C#N)n(C)c2)cc1. The highest BCUT2D eigenvalue weighted by atomic mass is 14.9. The van der Waals surface area contributed by atoms with Gasteiger partial charge in [-0.3, -0.25) is 0 Å². The summed E-state index contributed by atoms with van der Waals surface area (Å²) in [6, 6.07) is 12.8. The van der Waals surface area contributed by atoms with E-state index in [9.17, 15) is 0 Å². The third-order valence-corrected chi connectivity index (χ3v) is 3.27. The molecule has 0 amide bonds. The van der Waals surface area contributed by atoms with Crippen LogP contribution in [-0.2, 0) is 26.6 Å². The maximum absolute atomic E-state index is 8.89. The van der Waals surface area contributed by atoms with Gasteiger partial charge in [0.2, 0.25) is 0 Å². The molecular formula is C16H19N3. The molecule has 3 nitrogen and oxygen atoms in total. The summed E-state index contributed by atoms with van der Waals surface area (Å²) < 4.78 is 1.85. The van der Waals surface area contributed by atoms with Crippen molar-refractivity contribution in [1.29, 1.82) is 5.26 Å². The van der Waals surface area contributed by atoms with Crippen molar-refractivity contribution in [3.05, 3.63) is 58.9 Å². The number of benzene rings is 1. The number of hydrogen-bond acceptors (Lipinski definition) is 2. The van der Waals surface area contributed by atoms with E-state index in [1.807, 2.05) is 23.9 Å². The zero-order chi connectivity index (χ0) is 13.7. The fraction of sp³-hybridized carbons (Fsp3) is 0.312. The first kappa shape index (κ1) is 13.4. The highest BCUT2D eigenvalue weighted by Crippen LogP contribution is 2.07. The van der Waals surface area contributed by atoms with Crippen LogP contribution in [0.2, 0.25) is 0 Å². The van der Waals surface area contributed by atoms with Crippen molar-refractivity contribution in [3.63, 3.8) is 0 Å². The summed E-state index contributed by atoms with van der Waals surface area (Å²) in [5.41, 5.74) is 4.49. The van der Waals surface area contributed by atoms with E-state index in [0.717, 1.165) is 25.1 Å². The van der Waals surface area contributed by atoms with Crippen LogP contribution in [-0.4, -0.2) is 4.57 Å². The van der Waals surface area contributed by atoms with E-state index in [1.54, 1.807) is 0 Å². The lowest BCUT2D eigenvalue weighted by Gasteiger charge is -2.04. The molecule has 0 bridgehead atoms. The fourth-order valence-electron chi connectivity index (χ4n) is 2.08. The van der Waals surface area contributed by atoms with Crippen LogP contribution in [0.5, 0.6) is 0 Å². The van der Waals surface area contributed by atoms with E-state index < -0.39 is 0 Å². The van der Waals surface area contributed by atoms with Crippen molar-refractivity contribution >= 4 is 0 Å². The van der Waals surface area contributed by atoms with Gasteiger partial charge in [0.15, 0.2) is 0 Å². The Labute approximate surface area is 114 Å². The second-order valence-electron chi connectivity index (χ2n) is 4.73. The smallest absolute Gasteiger partial charge is 0.120 e. The molecule has 1 N–H and O–H groups in total. The van der Waals surface area contributed by atoms with Gasteiger partial charge >= 0.3 is 0 Å². The minimum atomic E-state index is 0.698. The summed E-state index contributed by atoms with van der Waals surface area (Å²) in [6.07, 6.45) is 3.07. The number of nitriles is 1. The van der Waals surface area contributed by atoms with E-state index in [0.29, 0.717) is 5.69 Å². The zero-order valence-corrected chi connectivity index (χ0v) is 11.5. The minimum Gasteiger partial charge on any atom is -0.342 e. The molecule has 1 heterocycles. The fourth-order valence-corrected chi connectivity index (χ4v) is 2.08. The van der Waals surface area contributed by atoms with Crippen LogP contribution >= 0.6 is 0 Å². The van der Waals surface area contributed by atoms with Gasteiger partial charge in [-0.2, -0.15) is 5.26 Å². The Hall–Kier alpha value is -2.05. The van der Waals surface area contributed by atoms with Crippen LogP contribution in [0.3, 0.4) is 0 Å². The Morgan fingerprint density at radius 2 is 1.74 bits per heavy atom. The van der Waals surface area contributed by atoms with Gasteiger partial charge in [0.05, 0.1) is 0 Å². The van der Waals surface area contributed by atoms with Crippen LogP contribution < -0.4 is 5.32 Å². The molecule has 0 aliphatic carbocycles. The Kier molecular flexibility index (Phi) is 4.38. The highest BCUT2D eigenvalue weighted by molar-refractivity contribution is 5.28. The Bertz CT molecular complexity index is 573. The van der Waals surface area contributed by atoms with E-state index >= 15 is 0 Å². The molecule has 0 radical (unpaired) electrons. The standard InChI is InChI=1S/C16H19N3/c1-3-13-4-6-14(7-5-13)10-18-11-15-8-16(9-17)19(2)12-15/h4-8,12,18H,3,10-11H2,1-2H3. The maximum Gasteiger partial charge on any atom is 0.120 e. The predicted molar refractivity (Wildman–Crippen MR) is 76.5 cm³/mol. The molecule has 2 aromatic rings. The minimum absolute atomic E-state index is 0.698. The van der Waals surface area contributed by atoms with Gasteiger partial charge < -0.3 is 9.88 Å². The van der Waals surface area contributed by atoms with Crippen molar-refractivity contribution in [2.24, 2.45) is 7.05 Å². The third-order valence-electron chi connectivity index (χ3n) is 3.27. The van der Waals surface area contributed by atoms with Crippen LogP contribution in [0.4, 0.5) is 0 Å². The summed E-state index contributed by atoms with van der Waals surface area (Å²) in [5, 5.41) is 12.3. The Morgan fingerprint density at radius 1 is 1.11 bits per heavy atom. The molecule has 19 heavy (non-hydrogen) atoms. The number of rotatable bonds is 5. The first-order valence-electron chi connectivity index (χ1n) is 6.56. The molecular weight excluding hydrogens is 234 g/mol. The summed E-state index contributed by atoms with van der Waals surface area (Å²) in [4.78, 5) is 0. The van der Waals surface area contributed by atoms with Gasteiger partial charge in [-0.1, -0.05) is 31.2 Å². The van der Waals surface area contributed by atoms with E-state index in [1.165, 1.54) is 11.1 Å². The van der Waals surface area contributed by atoms with E-state index in [4.69, 9.17) is 5.26 Å². The Morgan fingerprint density at radius 3 is 2.32 bits per heavy atom. The molecule has 98 valence electrons. The molecule has 0 spiro atoms. The molecule has 1 aromatic carbocycles. The average molecular weight is 253 g/mol. The molecule has 1 aromatic heterocycles. The van der Waals surface area contributed by atoms with E-state index in [2.05, 4.69) is 42.6 Å². The largest absolute Gasteiger partial charge is 0.342 e. The monoisotopic (exact) mass is 253 g/mol. The number of aromatic nitrogens is 1. The number of hydrogen-bond donors (Lipinski definition) is 1. The summed E-state index contributed by atoms with van der Waals surface area (Å²) in [7, 11) is 1.89. The average Bonchev–Trinajstić information content (AvgIpc) is 2.80. The summed E-state index contributed by atoms with van der Waals surface area (Å²) in [6.45, 7) is 3.79. The third kappa shape index (κ3) is 3.46. The van der Waals surface area contributed by atoms with Crippen LogP contribution in [0, 0.1) is 11.3 Å². The van der Waals surface area contributed by atoms with Crippen molar-refractivity contribution in [2.45, 2.75) is 26.4 Å². The van der Waals surface area contributed by atoms with Gasteiger partial charge in [0.25, 0.3) is 0 Å². The van der Waals surface area contributed by atoms with Crippen molar-refractivity contribution in [2.75, 3.05) is 0 Å². The lowest BCUT2D eigenvalue weighted by atomic mass is 10.1. The van der Waals surface area contributed by atoms with E-state index in [-0.39, 0.29) is 0 Å². The summed E-state index contributed by atoms with van der Waals surface area (Å²) >= 11 is 0. The molecule has 2 rings (SSSR count). The molecule has 3 heteroatoms. The Balaban J connectivity index is 1.87. The van der Waals surface area contributed by atoms with Crippen LogP contribution in [0.1, 0.15) is 29.3 Å². The van der Waals surface area contributed by atoms with Gasteiger partial charge in [-0.05, 0) is 29.2 Å². The molecule has 0 aliphatic heterocycles. The zero-order valence-electron chi connectivity index (χ0n) is 11.5. The van der Waals surface area contributed by atoms with Crippen molar-refractivity contribution in [1.82, 2.24) is 9.88 Å². The lowest BCUT2D eigenvalue weighted by molar-refractivity contribution is 0.692. The van der Waals surface area contributed by atoms with Gasteiger partial charge in [-0.25, -0.2) is 0 Å². The number of nitrogens with one attached hydrogen (secondary N) is 1. The number of nitrogens with zero attached hydrogens (tertiary/aromatic N) is 2. The van der Waals surface area contributed by atoms with Crippen molar-refractivity contribution < 1.29 is 0 Å². The van der Waals surface area contributed by atoms with Gasteiger partial charge in [0.1, 0.15) is 11.8 Å². The number of aryl methyl sites for hydroxylation is 2. The molecule has 0 unspecified atom stereocenters. The highest BCUT2D eigenvalue weighted by Gasteiger charge is 2.01. The first-order valence-corrected chi connectivity index (χ1v) is 6.56. The topological polar surface area (TPSA) is 40.8 Å². The predicted octanol–water partition coefficient (Wildman–Crippen LogP) is 2.75. The van der Waals surface area contributed by atoms with Crippen LogP contribution in [0.15, 0.2) is 36.5 Å². The van der Waals surface area contributed by atoms with Gasteiger partial charge in [-0.15, -0.1) is 0 Å². The first-order chi connectivity index (χ1) is 9.22. The molecule has 0 fully saturated rings. The molecule has 0 saturated carbocycles. The van der Waals surface area contributed by atoms with Crippen LogP contribution in [0.25, 0.3) is 0 Å². The second kappa shape index (κ2) is 6.21. The molecule has 0 aliphatic rings. The second-order valence-corrected chi connectivity index (χ2v) is 4.73. The molecule has 0 saturated heterocycles.